The van der Waals surface area contributed by atoms with E-state index in [4.69, 9.17) is 14.9 Å². The maximum atomic E-state index is 6.12. The Bertz CT molecular complexity index is 1130. The van der Waals surface area contributed by atoms with Crippen LogP contribution >= 0.6 is 0 Å². The summed E-state index contributed by atoms with van der Waals surface area (Å²) in [6.07, 6.45) is 8.03. The van der Waals surface area contributed by atoms with Gasteiger partial charge in [-0.05, 0) is 43.9 Å². The molecule has 2 aromatic heterocycles. The second-order valence-electron chi connectivity index (χ2n) is 7.87. The molecule has 29 heavy (non-hydrogen) atoms. The van der Waals surface area contributed by atoms with Crippen molar-refractivity contribution in [3.05, 3.63) is 54.9 Å². The van der Waals surface area contributed by atoms with Gasteiger partial charge in [-0.15, -0.1) is 0 Å². The van der Waals surface area contributed by atoms with Gasteiger partial charge in [-0.2, -0.15) is 0 Å². The molecule has 3 N–H and O–H groups in total. The van der Waals surface area contributed by atoms with Crippen molar-refractivity contribution < 1.29 is 9.15 Å². The summed E-state index contributed by atoms with van der Waals surface area (Å²) in [5.41, 5.74) is 8.95. The van der Waals surface area contributed by atoms with E-state index in [1.807, 2.05) is 30.6 Å². The zero-order chi connectivity index (χ0) is 19.8. The summed E-state index contributed by atoms with van der Waals surface area (Å²) in [5, 5.41) is 6.81. The van der Waals surface area contributed by atoms with Gasteiger partial charge in [0.2, 0.25) is 0 Å². The molecule has 1 aliphatic carbocycles. The van der Waals surface area contributed by atoms with E-state index >= 15 is 0 Å². The molecule has 5 heteroatoms. The van der Waals surface area contributed by atoms with Crippen molar-refractivity contribution in [3.63, 3.8) is 0 Å². The third kappa shape index (κ3) is 3.42. The van der Waals surface area contributed by atoms with Crippen LogP contribution < -0.4 is 15.8 Å². The van der Waals surface area contributed by atoms with Crippen LogP contribution in [0.4, 0.5) is 5.69 Å². The number of nitrogens with two attached hydrogens (primary N) is 1. The van der Waals surface area contributed by atoms with Crippen LogP contribution in [-0.4, -0.2) is 24.2 Å². The van der Waals surface area contributed by atoms with Crippen LogP contribution in [0.5, 0.6) is 5.75 Å². The largest absolute Gasteiger partial charge is 0.496 e. The standard InChI is InChI=1S/C24H25N3O2/c1-28-23-12-18(27-17-8-6-16(25)7-9-17)11-19-20(23)13-26-14-21(19)24-10-15-4-2-3-5-22(15)29-24/h2-5,10-14,16-17,27H,6-9,25H2,1H3. The monoisotopic (exact) mass is 387 g/mol. The molecule has 0 atom stereocenters. The van der Waals surface area contributed by atoms with Crippen LogP contribution in [0.25, 0.3) is 33.1 Å². The second kappa shape index (κ2) is 7.41. The molecule has 0 bridgehead atoms. The number of methoxy groups -OCH3 is 1. The second-order valence-corrected chi connectivity index (χ2v) is 7.87. The van der Waals surface area contributed by atoms with E-state index < -0.39 is 0 Å². The van der Waals surface area contributed by atoms with E-state index in [2.05, 4.69) is 34.6 Å². The van der Waals surface area contributed by atoms with E-state index in [-0.39, 0.29) is 0 Å². The average molecular weight is 387 g/mol. The number of furan rings is 1. The van der Waals surface area contributed by atoms with Gasteiger partial charge in [-0.1, -0.05) is 18.2 Å². The SMILES string of the molecule is COc1cc(NC2CCC(N)CC2)cc2c(-c3cc4ccccc4o3)cncc12. The topological polar surface area (TPSA) is 73.3 Å². The zero-order valence-electron chi connectivity index (χ0n) is 16.5. The lowest BCUT2D eigenvalue weighted by Gasteiger charge is -2.28. The van der Waals surface area contributed by atoms with Crippen molar-refractivity contribution in [2.75, 3.05) is 12.4 Å². The highest BCUT2D eigenvalue weighted by molar-refractivity contribution is 6.01. The van der Waals surface area contributed by atoms with Crippen molar-refractivity contribution in [3.8, 4) is 17.1 Å². The van der Waals surface area contributed by atoms with Crippen molar-refractivity contribution in [1.82, 2.24) is 4.98 Å². The summed E-state index contributed by atoms with van der Waals surface area (Å²) in [5.74, 6) is 1.62. The Balaban J connectivity index is 1.59. The van der Waals surface area contributed by atoms with Gasteiger partial charge in [0.1, 0.15) is 17.1 Å². The molecule has 1 saturated carbocycles. The molecule has 0 aliphatic heterocycles. The predicted octanol–water partition coefficient (Wildman–Crippen LogP) is 5.34. The summed E-state index contributed by atoms with van der Waals surface area (Å²) in [6, 6.07) is 15.1. The number of fused-ring (bicyclic) bond motifs is 2. The Labute approximate surface area is 169 Å². The van der Waals surface area contributed by atoms with Crippen LogP contribution in [0.15, 0.2) is 59.3 Å². The first-order valence-electron chi connectivity index (χ1n) is 10.2. The molecule has 0 radical (unpaired) electrons. The lowest BCUT2D eigenvalue weighted by Crippen LogP contribution is -2.32. The molecule has 0 spiro atoms. The minimum atomic E-state index is 0.338. The number of benzene rings is 2. The summed E-state index contributed by atoms with van der Waals surface area (Å²) in [6.45, 7) is 0. The third-order valence-corrected chi connectivity index (χ3v) is 5.89. The number of hydrogen-bond donors (Lipinski definition) is 2. The van der Waals surface area contributed by atoms with Crippen LogP contribution in [0.3, 0.4) is 0 Å². The van der Waals surface area contributed by atoms with Gasteiger partial charge in [0, 0.05) is 58.0 Å². The van der Waals surface area contributed by atoms with Crippen LogP contribution in [-0.2, 0) is 0 Å². The van der Waals surface area contributed by atoms with Gasteiger partial charge < -0.3 is 20.2 Å². The van der Waals surface area contributed by atoms with Crippen molar-refractivity contribution in [1.29, 1.82) is 0 Å². The van der Waals surface area contributed by atoms with Gasteiger partial charge >= 0.3 is 0 Å². The number of anilines is 1. The van der Waals surface area contributed by atoms with Gasteiger partial charge in [0.25, 0.3) is 0 Å². The maximum Gasteiger partial charge on any atom is 0.137 e. The van der Waals surface area contributed by atoms with Crippen LogP contribution in [0.1, 0.15) is 25.7 Å². The van der Waals surface area contributed by atoms with Gasteiger partial charge in [-0.25, -0.2) is 0 Å². The highest BCUT2D eigenvalue weighted by Crippen LogP contribution is 2.38. The lowest BCUT2D eigenvalue weighted by atomic mass is 9.91. The molecule has 0 saturated heterocycles. The van der Waals surface area contributed by atoms with E-state index in [0.717, 1.165) is 70.2 Å². The van der Waals surface area contributed by atoms with E-state index in [9.17, 15) is 0 Å². The lowest BCUT2D eigenvalue weighted by molar-refractivity contribution is 0.410. The highest BCUT2D eigenvalue weighted by atomic mass is 16.5. The van der Waals surface area contributed by atoms with E-state index in [0.29, 0.717) is 12.1 Å². The first-order chi connectivity index (χ1) is 14.2. The molecular weight excluding hydrogens is 362 g/mol. The number of hydrogen-bond acceptors (Lipinski definition) is 5. The molecule has 1 aliphatic rings. The molecule has 5 rings (SSSR count). The molecule has 148 valence electrons. The summed E-state index contributed by atoms with van der Waals surface area (Å²) < 4.78 is 11.8. The number of pyridine rings is 1. The Morgan fingerprint density at radius 2 is 1.86 bits per heavy atom. The van der Waals surface area contributed by atoms with Crippen LogP contribution in [0, 0.1) is 0 Å². The summed E-state index contributed by atoms with van der Waals surface area (Å²) in [7, 11) is 1.70. The van der Waals surface area contributed by atoms with Gasteiger partial charge in [-0.3, -0.25) is 4.98 Å². The smallest absolute Gasteiger partial charge is 0.137 e. The molecule has 0 amide bonds. The highest BCUT2D eigenvalue weighted by Gasteiger charge is 2.19. The number of nitrogens with one attached hydrogen (secondary N) is 1. The fourth-order valence-electron chi connectivity index (χ4n) is 4.30. The average Bonchev–Trinajstić information content (AvgIpc) is 3.18. The molecule has 5 nitrogen and oxygen atoms in total. The van der Waals surface area contributed by atoms with Crippen molar-refractivity contribution in [2.45, 2.75) is 37.8 Å². The minimum Gasteiger partial charge on any atom is -0.496 e. The maximum absolute atomic E-state index is 6.12. The number of nitrogens with zero attached hydrogens (tertiary/aromatic N) is 1. The molecule has 2 heterocycles. The first kappa shape index (κ1) is 18.0. The number of ether oxygens (including phenoxy) is 1. The minimum absolute atomic E-state index is 0.338. The fraction of sp³-hybridized carbons (Fsp3) is 0.292. The molecule has 2 aromatic carbocycles. The normalized spacial score (nSPS) is 19.5. The third-order valence-electron chi connectivity index (χ3n) is 5.89. The van der Waals surface area contributed by atoms with Crippen molar-refractivity contribution in [2.24, 2.45) is 5.73 Å². The fourth-order valence-corrected chi connectivity index (χ4v) is 4.30. The van der Waals surface area contributed by atoms with Crippen LogP contribution in [0.2, 0.25) is 0 Å². The Morgan fingerprint density at radius 1 is 1.03 bits per heavy atom. The Hall–Kier alpha value is -3.05. The summed E-state index contributed by atoms with van der Waals surface area (Å²) in [4.78, 5) is 4.45. The molecule has 1 fully saturated rings. The summed E-state index contributed by atoms with van der Waals surface area (Å²) >= 11 is 0. The number of rotatable bonds is 4. The molecule has 4 aromatic rings. The Kier molecular flexibility index (Phi) is 4.60. The number of para-hydroxylation sites is 1. The zero-order valence-corrected chi connectivity index (χ0v) is 16.5. The molecular formula is C24H25N3O2. The van der Waals surface area contributed by atoms with Gasteiger partial charge in [0.15, 0.2) is 0 Å². The van der Waals surface area contributed by atoms with Crippen molar-refractivity contribution >= 4 is 27.4 Å². The van der Waals surface area contributed by atoms with E-state index in [1.165, 1.54) is 0 Å². The molecule has 0 unspecified atom stereocenters. The first-order valence-corrected chi connectivity index (χ1v) is 10.2. The van der Waals surface area contributed by atoms with E-state index in [1.54, 1.807) is 7.11 Å². The quantitative estimate of drug-likeness (QED) is 0.494. The Morgan fingerprint density at radius 3 is 2.66 bits per heavy atom. The number of aromatic nitrogens is 1. The predicted molar refractivity (Wildman–Crippen MR) is 117 cm³/mol. The van der Waals surface area contributed by atoms with Gasteiger partial charge in [0.05, 0.1) is 7.11 Å².